The Bertz CT molecular complexity index is 1360. The zero-order chi connectivity index (χ0) is 23.9. The number of esters is 1. The molecule has 9 nitrogen and oxygen atoms in total. The summed E-state index contributed by atoms with van der Waals surface area (Å²) >= 11 is 0. The van der Waals surface area contributed by atoms with Gasteiger partial charge in [0.2, 0.25) is 0 Å². The lowest BCUT2D eigenvalue weighted by Gasteiger charge is -2.12. The normalized spacial score (nSPS) is 10.9. The van der Waals surface area contributed by atoms with Crippen LogP contribution < -0.4 is 14.9 Å². The number of ether oxygens (including phenoxy) is 2. The minimum atomic E-state index is -0.524. The van der Waals surface area contributed by atoms with Crippen molar-refractivity contribution in [2.45, 2.75) is 6.92 Å². The number of benzene rings is 3. The lowest BCUT2D eigenvalue weighted by Crippen LogP contribution is -2.10. The fraction of sp³-hybridized carbons (Fsp3) is 0.0800. The van der Waals surface area contributed by atoms with Gasteiger partial charge in [-0.25, -0.2) is 9.78 Å². The van der Waals surface area contributed by atoms with E-state index in [0.717, 1.165) is 17.0 Å². The number of fused-ring (bicyclic) bond motifs is 1. The van der Waals surface area contributed by atoms with Gasteiger partial charge < -0.3 is 9.47 Å². The molecule has 4 aromatic rings. The predicted molar refractivity (Wildman–Crippen MR) is 129 cm³/mol. The van der Waals surface area contributed by atoms with Crippen molar-refractivity contribution in [3.8, 4) is 11.5 Å². The molecule has 0 saturated carbocycles. The lowest BCUT2D eigenvalue weighted by molar-refractivity contribution is -0.385. The van der Waals surface area contributed by atoms with Gasteiger partial charge in [0.1, 0.15) is 12.0 Å². The molecule has 34 heavy (non-hydrogen) atoms. The smallest absolute Gasteiger partial charge is 0.344 e. The fourth-order valence-corrected chi connectivity index (χ4v) is 3.25. The van der Waals surface area contributed by atoms with Crippen LogP contribution in [-0.4, -0.2) is 28.7 Å². The third-order valence-electron chi connectivity index (χ3n) is 4.83. The van der Waals surface area contributed by atoms with Crippen molar-refractivity contribution in [3.63, 3.8) is 0 Å². The number of pyridine rings is 1. The number of hydrogen-bond donors (Lipinski definition) is 1. The summed E-state index contributed by atoms with van der Waals surface area (Å²) in [5, 5.41) is 16.5. The van der Waals surface area contributed by atoms with Gasteiger partial charge in [0, 0.05) is 6.07 Å². The van der Waals surface area contributed by atoms with Gasteiger partial charge in [-0.05, 0) is 53.6 Å². The molecule has 0 atom stereocenters. The Labute approximate surface area is 194 Å². The molecule has 0 amide bonds. The molecule has 0 bridgehead atoms. The number of nitrogens with zero attached hydrogens (tertiary/aromatic N) is 3. The quantitative estimate of drug-likeness (QED) is 0.127. The van der Waals surface area contributed by atoms with Crippen LogP contribution in [0.15, 0.2) is 84.1 Å². The number of hydrogen-bond acceptors (Lipinski definition) is 8. The summed E-state index contributed by atoms with van der Waals surface area (Å²) in [5.74, 6) is 0.563. The minimum Gasteiger partial charge on any atom is -0.490 e. The molecule has 0 unspecified atom stereocenters. The van der Waals surface area contributed by atoms with E-state index in [2.05, 4.69) is 15.5 Å². The van der Waals surface area contributed by atoms with E-state index in [1.807, 2.05) is 43.3 Å². The summed E-state index contributed by atoms with van der Waals surface area (Å²) in [6, 6.07) is 20.9. The molecule has 9 heteroatoms. The molecule has 0 fully saturated rings. The van der Waals surface area contributed by atoms with Crippen LogP contribution in [0.3, 0.4) is 0 Å². The third-order valence-corrected chi connectivity index (χ3v) is 4.83. The summed E-state index contributed by atoms with van der Waals surface area (Å²) in [6.07, 6.45) is 2.67. The second-order valence-electron chi connectivity index (χ2n) is 7.08. The van der Waals surface area contributed by atoms with E-state index in [1.165, 1.54) is 18.3 Å². The van der Waals surface area contributed by atoms with Crippen LogP contribution in [-0.2, 0) is 0 Å². The van der Waals surface area contributed by atoms with Crippen molar-refractivity contribution in [1.29, 1.82) is 0 Å². The Kier molecular flexibility index (Phi) is 6.73. The number of nitro groups is 1. The van der Waals surface area contributed by atoms with Gasteiger partial charge in [-0.2, -0.15) is 5.10 Å². The molecule has 4 rings (SSSR count). The molecule has 170 valence electrons. The van der Waals surface area contributed by atoms with Crippen molar-refractivity contribution in [2.75, 3.05) is 12.0 Å². The zero-order valence-corrected chi connectivity index (χ0v) is 18.2. The molecule has 0 saturated heterocycles. The first-order valence-corrected chi connectivity index (χ1v) is 10.4. The molecule has 3 aromatic carbocycles. The van der Waals surface area contributed by atoms with Crippen LogP contribution in [0.1, 0.15) is 22.8 Å². The highest BCUT2D eigenvalue weighted by atomic mass is 16.6. The average molecular weight is 456 g/mol. The predicted octanol–water partition coefficient (Wildman–Crippen LogP) is 5.21. The van der Waals surface area contributed by atoms with Crippen LogP contribution in [0.4, 0.5) is 11.5 Å². The van der Waals surface area contributed by atoms with E-state index in [0.29, 0.717) is 35.1 Å². The second-order valence-corrected chi connectivity index (χ2v) is 7.08. The Morgan fingerprint density at radius 3 is 2.68 bits per heavy atom. The van der Waals surface area contributed by atoms with Gasteiger partial charge in [0.15, 0.2) is 11.5 Å². The standard InChI is InChI=1S/C25H20N4O5/c1-2-33-23-14-17(15-27-28-24-13-11-19(16-26-24)29(31)32)10-12-22(23)34-25(30)21-9-5-7-18-6-3-4-8-20(18)21/h3-16H,2H2,1H3,(H,26,28)/b27-15-. The van der Waals surface area contributed by atoms with Crippen molar-refractivity contribution >= 4 is 34.5 Å². The van der Waals surface area contributed by atoms with Crippen LogP contribution >= 0.6 is 0 Å². The summed E-state index contributed by atoms with van der Waals surface area (Å²) in [5.41, 5.74) is 3.75. The number of carbonyl (C=O) groups excluding carboxylic acids is 1. The highest BCUT2D eigenvalue weighted by Crippen LogP contribution is 2.30. The SMILES string of the molecule is CCOc1cc(/C=N\Nc2ccc([N+](=O)[O-])cn2)ccc1OC(=O)c1cccc2ccccc12. The number of aromatic nitrogens is 1. The molecular formula is C25H20N4O5. The first-order valence-electron chi connectivity index (χ1n) is 10.4. The van der Waals surface area contributed by atoms with Gasteiger partial charge in [-0.3, -0.25) is 15.5 Å². The molecule has 0 aliphatic rings. The third kappa shape index (κ3) is 5.16. The van der Waals surface area contributed by atoms with E-state index >= 15 is 0 Å². The topological polar surface area (TPSA) is 116 Å². The number of hydrazone groups is 1. The van der Waals surface area contributed by atoms with Crippen LogP contribution in [0, 0.1) is 10.1 Å². The first kappa shape index (κ1) is 22.4. The molecule has 1 aromatic heterocycles. The average Bonchev–Trinajstić information content (AvgIpc) is 2.85. The van der Waals surface area contributed by atoms with E-state index < -0.39 is 10.9 Å². The van der Waals surface area contributed by atoms with Crippen LogP contribution in [0.5, 0.6) is 11.5 Å². The summed E-state index contributed by atoms with van der Waals surface area (Å²) < 4.78 is 11.3. The van der Waals surface area contributed by atoms with Crippen LogP contribution in [0.2, 0.25) is 0 Å². The Hall–Kier alpha value is -4.79. The first-order chi connectivity index (χ1) is 16.5. The Balaban J connectivity index is 1.50. The fourth-order valence-electron chi connectivity index (χ4n) is 3.25. The Morgan fingerprint density at radius 1 is 1.09 bits per heavy atom. The van der Waals surface area contributed by atoms with E-state index in [-0.39, 0.29) is 5.69 Å². The maximum Gasteiger partial charge on any atom is 0.344 e. The monoisotopic (exact) mass is 456 g/mol. The maximum atomic E-state index is 12.9. The van der Waals surface area contributed by atoms with Crippen molar-refractivity contribution in [2.24, 2.45) is 5.10 Å². The molecule has 0 aliphatic carbocycles. The highest BCUT2D eigenvalue weighted by Gasteiger charge is 2.15. The summed E-state index contributed by atoms with van der Waals surface area (Å²) in [7, 11) is 0. The van der Waals surface area contributed by atoms with Crippen LogP contribution in [0.25, 0.3) is 10.8 Å². The molecule has 0 spiro atoms. The second kappa shape index (κ2) is 10.2. The number of anilines is 1. The molecule has 1 heterocycles. The summed E-state index contributed by atoms with van der Waals surface area (Å²) in [4.78, 5) is 27.0. The molecule has 1 N–H and O–H groups in total. The van der Waals surface area contributed by atoms with Crippen molar-refractivity contribution in [3.05, 3.63) is 100 Å². The highest BCUT2D eigenvalue weighted by molar-refractivity contribution is 6.05. The molecule has 0 radical (unpaired) electrons. The van der Waals surface area contributed by atoms with Gasteiger partial charge in [-0.1, -0.05) is 36.4 Å². The largest absolute Gasteiger partial charge is 0.490 e. The van der Waals surface area contributed by atoms with Gasteiger partial charge in [0.05, 0.1) is 23.3 Å². The number of carbonyl (C=O) groups is 1. The number of nitrogens with one attached hydrogen (secondary N) is 1. The van der Waals surface area contributed by atoms with E-state index in [9.17, 15) is 14.9 Å². The summed E-state index contributed by atoms with van der Waals surface area (Å²) in [6.45, 7) is 2.21. The molecule has 0 aliphatic heterocycles. The Morgan fingerprint density at radius 2 is 1.91 bits per heavy atom. The van der Waals surface area contributed by atoms with E-state index in [1.54, 1.807) is 24.3 Å². The van der Waals surface area contributed by atoms with Crippen molar-refractivity contribution in [1.82, 2.24) is 4.98 Å². The van der Waals surface area contributed by atoms with Gasteiger partial charge in [0.25, 0.3) is 5.69 Å². The number of rotatable bonds is 8. The minimum absolute atomic E-state index is 0.107. The van der Waals surface area contributed by atoms with Gasteiger partial charge >= 0.3 is 5.97 Å². The van der Waals surface area contributed by atoms with E-state index in [4.69, 9.17) is 9.47 Å². The zero-order valence-electron chi connectivity index (χ0n) is 18.2. The molecular weight excluding hydrogens is 436 g/mol. The van der Waals surface area contributed by atoms with Gasteiger partial charge in [-0.15, -0.1) is 0 Å². The lowest BCUT2D eigenvalue weighted by atomic mass is 10.0. The maximum absolute atomic E-state index is 12.9. The van der Waals surface area contributed by atoms with Crippen molar-refractivity contribution < 1.29 is 19.2 Å².